The van der Waals surface area contributed by atoms with Crippen LogP contribution in [0.15, 0.2) is 60.8 Å². The Bertz CT molecular complexity index is 1830. The van der Waals surface area contributed by atoms with E-state index in [1.807, 2.05) is 11.1 Å². The summed E-state index contributed by atoms with van der Waals surface area (Å²) in [5.41, 5.74) is 12.1. The topological polar surface area (TPSA) is 79.3 Å². The van der Waals surface area contributed by atoms with Crippen LogP contribution in [-0.4, -0.2) is 68.3 Å². The predicted octanol–water partition coefficient (Wildman–Crippen LogP) is 5.38. The molecule has 5 aromatic rings. The highest BCUT2D eigenvalue weighted by atomic mass is 16.5. The van der Waals surface area contributed by atoms with E-state index >= 15 is 0 Å². The number of aromatic nitrogens is 4. The molecule has 3 aromatic heterocycles. The van der Waals surface area contributed by atoms with Crippen molar-refractivity contribution in [2.45, 2.75) is 45.8 Å². The van der Waals surface area contributed by atoms with Crippen molar-refractivity contribution in [3.8, 4) is 22.5 Å². The number of carbonyl (C=O) groups excluding carboxylic acids is 1. The highest BCUT2D eigenvalue weighted by molar-refractivity contribution is 5.95. The average Bonchev–Trinajstić information content (AvgIpc) is 3.77. The molecule has 0 radical (unpaired) electrons. The van der Waals surface area contributed by atoms with Crippen LogP contribution in [0.1, 0.15) is 44.9 Å². The van der Waals surface area contributed by atoms with Crippen molar-refractivity contribution in [2.24, 2.45) is 0 Å². The molecule has 8 rings (SSSR count). The maximum atomic E-state index is 13.4. The molecule has 0 saturated carbocycles. The van der Waals surface area contributed by atoms with E-state index in [9.17, 15) is 4.79 Å². The second-order valence-electron chi connectivity index (χ2n) is 12.2. The maximum absolute atomic E-state index is 13.4. The van der Waals surface area contributed by atoms with Gasteiger partial charge in [-0.1, -0.05) is 36.4 Å². The summed E-state index contributed by atoms with van der Waals surface area (Å²) in [6.45, 7) is 8.89. The first-order valence-electron chi connectivity index (χ1n) is 15.4. The Morgan fingerprint density at radius 3 is 2.58 bits per heavy atom. The van der Waals surface area contributed by atoms with E-state index in [1.165, 1.54) is 28.8 Å². The summed E-state index contributed by atoms with van der Waals surface area (Å²) in [5, 5.41) is 8.53. The molecule has 1 N–H and O–H groups in total. The van der Waals surface area contributed by atoms with Crippen LogP contribution in [0.3, 0.4) is 0 Å². The fraction of sp³-hybridized carbons (Fsp3) is 0.343. The van der Waals surface area contributed by atoms with Gasteiger partial charge in [0.05, 0.1) is 36.3 Å². The Kier molecular flexibility index (Phi) is 6.61. The molecule has 8 nitrogen and oxygen atoms in total. The third kappa shape index (κ3) is 4.84. The van der Waals surface area contributed by atoms with Crippen LogP contribution in [0, 0.1) is 6.92 Å². The van der Waals surface area contributed by atoms with Gasteiger partial charge in [-0.2, -0.15) is 5.10 Å². The number of H-pyrrole nitrogens is 1. The van der Waals surface area contributed by atoms with E-state index in [4.69, 9.17) is 9.72 Å². The normalized spacial score (nSPS) is 17.0. The van der Waals surface area contributed by atoms with Crippen molar-refractivity contribution in [1.82, 2.24) is 29.5 Å². The van der Waals surface area contributed by atoms with Gasteiger partial charge in [0.25, 0.3) is 5.91 Å². The first-order valence-corrected chi connectivity index (χ1v) is 15.4. The lowest BCUT2D eigenvalue weighted by Crippen LogP contribution is -2.40. The molecule has 0 bridgehead atoms. The number of hydrogen-bond acceptors (Lipinski definition) is 5. The van der Waals surface area contributed by atoms with Gasteiger partial charge >= 0.3 is 0 Å². The number of aryl methyl sites for hydroxylation is 2. The van der Waals surface area contributed by atoms with Crippen LogP contribution >= 0.6 is 0 Å². The van der Waals surface area contributed by atoms with Gasteiger partial charge in [-0.15, -0.1) is 0 Å². The molecule has 0 atom stereocenters. The molecule has 43 heavy (non-hydrogen) atoms. The fourth-order valence-electron chi connectivity index (χ4n) is 7.00. The van der Waals surface area contributed by atoms with Crippen molar-refractivity contribution in [3.05, 3.63) is 94.4 Å². The summed E-state index contributed by atoms with van der Waals surface area (Å²) in [4.78, 5) is 23.0. The van der Waals surface area contributed by atoms with E-state index < -0.39 is 0 Å². The Morgan fingerprint density at radius 1 is 0.907 bits per heavy atom. The van der Waals surface area contributed by atoms with E-state index in [0.29, 0.717) is 6.54 Å². The van der Waals surface area contributed by atoms with Crippen molar-refractivity contribution < 1.29 is 9.53 Å². The number of amides is 1. The SMILES string of the molecule is Cc1cc(-c2cc3cn[nH]c3c(-c3ccc(CN4CCOCC4)cc3)n2)ccc1CN1CCn2c(cc3c2CCC3)C1=O. The molecule has 2 aliphatic heterocycles. The van der Waals surface area contributed by atoms with Crippen molar-refractivity contribution in [2.75, 3.05) is 32.8 Å². The third-order valence-corrected chi connectivity index (χ3v) is 9.42. The minimum absolute atomic E-state index is 0.150. The molecule has 0 spiro atoms. The largest absolute Gasteiger partial charge is 0.379 e. The van der Waals surface area contributed by atoms with Gasteiger partial charge in [0.15, 0.2) is 0 Å². The lowest BCUT2D eigenvalue weighted by Gasteiger charge is -2.30. The quantitative estimate of drug-likeness (QED) is 0.296. The van der Waals surface area contributed by atoms with Crippen molar-refractivity contribution >= 4 is 16.8 Å². The van der Waals surface area contributed by atoms with Gasteiger partial charge < -0.3 is 14.2 Å². The highest BCUT2D eigenvalue weighted by Gasteiger charge is 2.30. The van der Waals surface area contributed by atoms with Gasteiger partial charge in [-0.3, -0.25) is 14.8 Å². The molecule has 1 aliphatic carbocycles. The van der Waals surface area contributed by atoms with Crippen LogP contribution in [0.4, 0.5) is 0 Å². The number of hydrogen-bond donors (Lipinski definition) is 1. The van der Waals surface area contributed by atoms with E-state index in [-0.39, 0.29) is 5.91 Å². The number of nitrogens with zero attached hydrogens (tertiary/aromatic N) is 5. The summed E-state index contributed by atoms with van der Waals surface area (Å²) in [6, 6.07) is 19.5. The minimum atomic E-state index is 0.150. The molecule has 0 unspecified atom stereocenters. The van der Waals surface area contributed by atoms with Gasteiger partial charge in [-0.05, 0) is 66.6 Å². The van der Waals surface area contributed by atoms with Crippen LogP contribution in [0.2, 0.25) is 0 Å². The second-order valence-corrected chi connectivity index (χ2v) is 12.2. The van der Waals surface area contributed by atoms with Crippen LogP contribution in [0.25, 0.3) is 33.4 Å². The number of ether oxygens (including phenoxy) is 1. The number of rotatable bonds is 6. The number of nitrogens with one attached hydrogen (secondary N) is 1. The Morgan fingerprint density at radius 2 is 1.74 bits per heavy atom. The summed E-state index contributed by atoms with van der Waals surface area (Å²) in [7, 11) is 0. The summed E-state index contributed by atoms with van der Waals surface area (Å²) < 4.78 is 7.76. The Labute approximate surface area is 251 Å². The maximum Gasteiger partial charge on any atom is 0.270 e. The summed E-state index contributed by atoms with van der Waals surface area (Å²) >= 11 is 0. The third-order valence-electron chi connectivity index (χ3n) is 9.42. The number of morpholine rings is 1. The van der Waals surface area contributed by atoms with Crippen molar-refractivity contribution in [1.29, 1.82) is 0 Å². The minimum Gasteiger partial charge on any atom is -0.379 e. The molecule has 5 heterocycles. The van der Waals surface area contributed by atoms with Gasteiger partial charge in [0, 0.05) is 61.5 Å². The Hall–Kier alpha value is -4.27. The number of aromatic amines is 1. The summed E-state index contributed by atoms with van der Waals surface area (Å²) in [5.74, 6) is 0.150. The first-order chi connectivity index (χ1) is 21.1. The molecule has 1 amide bonds. The first kappa shape index (κ1) is 26.4. The van der Waals surface area contributed by atoms with E-state index in [2.05, 4.69) is 81.2 Å². The molecule has 218 valence electrons. The fourth-order valence-corrected chi connectivity index (χ4v) is 7.00. The molecular weight excluding hydrogens is 536 g/mol. The zero-order valence-corrected chi connectivity index (χ0v) is 24.6. The number of benzene rings is 2. The van der Waals surface area contributed by atoms with E-state index in [0.717, 1.165) is 103 Å². The van der Waals surface area contributed by atoms with Gasteiger partial charge in [0.2, 0.25) is 0 Å². The average molecular weight is 573 g/mol. The lowest BCUT2D eigenvalue weighted by atomic mass is 10.00. The number of pyridine rings is 1. The highest BCUT2D eigenvalue weighted by Crippen LogP contribution is 2.32. The van der Waals surface area contributed by atoms with Crippen LogP contribution in [0.5, 0.6) is 0 Å². The van der Waals surface area contributed by atoms with Gasteiger partial charge in [-0.25, -0.2) is 4.98 Å². The molecule has 1 fully saturated rings. The standard InChI is InChI=1S/C35H36N6O2/c1-23-17-26(9-10-28(23)22-40-11-12-41-31-4-2-3-27(31)19-32(41)35(40)42)30-18-29-20-36-38-34(29)33(37-30)25-7-5-24(6-8-25)21-39-13-15-43-16-14-39/h5-10,17-20H,2-4,11-16,21-22H2,1H3,(H,36,38). The second kappa shape index (κ2) is 10.8. The number of fused-ring (bicyclic) bond motifs is 4. The summed E-state index contributed by atoms with van der Waals surface area (Å²) in [6.07, 6.45) is 5.28. The predicted molar refractivity (Wildman–Crippen MR) is 167 cm³/mol. The molecule has 8 heteroatoms. The Balaban J connectivity index is 1.04. The van der Waals surface area contributed by atoms with Gasteiger partial charge in [0.1, 0.15) is 5.69 Å². The van der Waals surface area contributed by atoms with E-state index in [1.54, 1.807) is 0 Å². The smallest absolute Gasteiger partial charge is 0.270 e. The monoisotopic (exact) mass is 572 g/mol. The number of carbonyl (C=O) groups is 1. The molecule has 3 aliphatic rings. The van der Waals surface area contributed by atoms with Crippen LogP contribution in [-0.2, 0) is 37.2 Å². The van der Waals surface area contributed by atoms with Crippen LogP contribution < -0.4 is 0 Å². The molecular formula is C35H36N6O2. The molecule has 2 aromatic carbocycles. The lowest BCUT2D eigenvalue weighted by molar-refractivity contribution is 0.0342. The molecule has 1 saturated heterocycles. The zero-order valence-electron chi connectivity index (χ0n) is 24.6. The zero-order chi connectivity index (χ0) is 28.9. The van der Waals surface area contributed by atoms with Crippen molar-refractivity contribution in [3.63, 3.8) is 0 Å².